The van der Waals surface area contributed by atoms with E-state index in [0.717, 1.165) is 37.1 Å². The summed E-state index contributed by atoms with van der Waals surface area (Å²) in [5.74, 6) is 2.11. The van der Waals surface area contributed by atoms with E-state index in [1.54, 1.807) is 16.7 Å². The van der Waals surface area contributed by atoms with Crippen LogP contribution in [0.5, 0.6) is 5.75 Å². The molecule has 2 aromatic rings. The van der Waals surface area contributed by atoms with Crippen molar-refractivity contribution in [1.29, 1.82) is 0 Å². The van der Waals surface area contributed by atoms with Crippen molar-refractivity contribution >= 4 is 6.03 Å². The summed E-state index contributed by atoms with van der Waals surface area (Å²) in [6.07, 6.45) is 3.72. The van der Waals surface area contributed by atoms with Gasteiger partial charge in [-0.3, -0.25) is 0 Å². The molecule has 1 heterocycles. The molecule has 1 aliphatic rings. The molecule has 0 spiro atoms. The van der Waals surface area contributed by atoms with Gasteiger partial charge in [-0.25, -0.2) is 4.79 Å². The fourth-order valence-electron chi connectivity index (χ4n) is 3.79. The number of hydrogen-bond donors (Lipinski definition) is 1. The molecule has 1 fully saturated rings. The first kappa shape index (κ1) is 19.1. The van der Waals surface area contributed by atoms with Crippen LogP contribution in [0.15, 0.2) is 24.3 Å². The van der Waals surface area contributed by atoms with Crippen molar-refractivity contribution in [2.75, 3.05) is 20.7 Å². The second-order valence-corrected chi connectivity index (χ2v) is 7.22. The van der Waals surface area contributed by atoms with Crippen LogP contribution < -0.4 is 10.1 Å². The number of carbonyl (C=O) groups excluding carboxylic acids is 1. The minimum Gasteiger partial charge on any atom is -0.497 e. The third-order valence-electron chi connectivity index (χ3n) is 5.58. The number of nitrogens with zero attached hydrogens (tertiary/aromatic N) is 5. The van der Waals surface area contributed by atoms with Gasteiger partial charge in [0.25, 0.3) is 0 Å². The van der Waals surface area contributed by atoms with Crippen molar-refractivity contribution in [1.82, 2.24) is 30.4 Å². The zero-order valence-corrected chi connectivity index (χ0v) is 16.5. The molecule has 0 saturated heterocycles. The lowest BCUT2D eigenvalue weighted by Gasteiger charge is -2.44. The van der Waals surface area contributed by atoms with Gasteiger partial charge in [0.15, 0.2) is 5.82 Å². The lowest BCUT2D eigenvalue weighted by atomic mass is 9.75. The van der Waals surface area contributed by atoms with E-state index in [2.05, 4.69) is 27.8 Å². The Balaban J connectivity index is 2.03. The summed E-state index contributed by atoms with van der Waals surface area (Å²) in [6.45, 7) is 4.75. The Morgan fingerprint density at radius 3 is 2.59 bits per heavy atom. The predicted octanol–water partition coefficient (Wildman–Crippen LogP) is 2.74. The summed E-state index contributed by atoms with van der Waals surface area (Å²) in [6, 6.07) is 7.50. The molecular weight excluding hydrogens is 344 g/mol. The number of aromatic nitrogens is 4. The van der Waals surface area contributed by atoms with E-state index in [0.29, 0.717) is 18.3 Å². The first-order chi connectivity index (χ1) is 13.0. The number of hydrogen-bond acceptors (Lipinski definition) is 5. The van der Waals surface area contributed by atoms with E-state index in [9.17, 15) is 4.79 Å². The molecule has 8 heteroatoms. The van der Waals surface area contributed by atoms with Gasteiger partial charge >= 0.3 is 6.03 Å². The molecule has 0 unspecified atom stereocenters. The molecule has 1 aromatic carbocycles. The van der Waals surface area contributed by atoms with Crippen molar-refractivity contribution in [3.05, 3.63) is 30.1 Å². The summed E-state index contributed by atoms with van der Waals surface area (Å²) in [4.78, 5) is 14.5. The number of benzene rings is 1. The number of ether oxygens (including phenoxy) is 1. The minimum absolute atomic E-state index is 0.101. The molecule has 0 atom stereocenters. The van der Waals surface area contributed by atoms with Gasteiger partial charge in [0.1, 0.15) is 11.3 Å². The van der Waals surface area contributed by atoms with Crippen LogP contribution in [-0.2, 0) is 5.54 Å². The lowest BCUT2D eigenvalue weighted by molar-refractivity contribution is 0.0726. The SMILES string of the molecule is CCNC(=O)N(C)C1(c2nnnn2-c2ccc(OC)cc2)CCC(C)CC1. The third kappa shape index (κ3) is 3.61. The third-order valence-corrected chi connectivity index (χ3v) is 5.58. The number of urea groups is 1. The minimum atomic E-state index is -0.533. The molecule has 0 bridgehead atoms. The molecule has 1 aromatic heterocycles. The van der Waals surface area contributed by atoms with E-state index in [4.69, 9.17) is 4.74 Å². The smallest absolute Gasteiger partial charge is 0.317 e. The van der Waals surface area contributed by atoms with Crippen LogP contribution >= 0.6 is 0 Å². The van der Waals surface area contributed by atoms with Gasteiger partial charge in [0.05, 0.1) is 12.8 Å². The first-order valence-corrected chi connectivity index (χ1v) is 9.46. The lowest BCUT2D eigenvalue weighted by Crippen LogP contribution is -2.53. The van der Waals surface area contributed by atoms with Gasteiger partial charge in [-0.1, -0.05) is 6.92 Å². The normalized spacial score (nSPS) is 22.3. The maximum absolute atomic E-state index is 12.7. The Morgan fingerprint density at radius 1 is 1.33 bits per heavy atom. The van der Waals surface area contributed by atoms with Gasteiger partial charge in [0.2, 0.25) is 0 Å². The zero-order valence-electron chi connectivity index (χ0n) is 16.5. The van der Waals surface area contributed by atoms with Crippen molar-refractivity contribution in [2.24, 2.45) is 5.92 Å². The Morgan fingerprint density at radius 2 is 2.00 bits per heavy atom. The largest absolute Gasteiger partial charge is 0.497 e. The molecule has 146 valence electrons. The molecule has 1 N–H and O–H groups in total. The van der Waals surface area contributed by atoms with E-state index < -0.39 is 5.54 Å². The van der Waals surface area contributed by atoms with E-state index in [-0.39, 0.29) is 6.03 Å². The first-order valence-electron chi connectivity index (χ1n) is 9.46. The highest BCUT2D eigenvalue weighted by Crippen LogP contribution is 2.43. The molecule has 0 radical (unpaired) electrons. The molecule has 27 heavy (non-hydrogen) atoms. The van der Waals surface area contributed by atoms with Crippen LogP contribution in [-0.4, -0.2) is 51.8 Å². The number of methoxy groups -OCH3 is 1. The summed E-state index contributed by atoms with van der Waals surface area (Å²) in [7, 11) is 3.48. The summed E-state index contributed by atoms with van der Waals surface area (Å²) >= 11 is 0. The van der Waals surface area contributed by atoms with E-state index in [1.165, 1.54) is 0 Å². The highest BCUT2D eigenvalue weighted by molar-refractivity contribution is 5.75. The Labute approximate surface area is 159 Å². The van der Waals surface area contributed by atoms with Crippen LogP contribution in [0, 0.1) is 5.92 Å². The molecular formula is C19H28N6O2. The van der Waals surface area contributed by atoms with Crippen LogP contribution in [0.3, 0.4) is 0 Å². The van der Waals surface area contributed by atoms with Gasteiger partial charge in [-0.15, -0.1) is 5.10 Å². The molecule has 1 aliphatic carbocycles. The summed E-state index contributed by atoms with van der Waals surface area (Å²) in [5, 5.41) is 15.4. The van der Waals surface area contributed by atoms with Crippen LogP contribution in [0.4, 0.5) is 4.79 Å². The number of carbonyl (C=O) groups is 1. The fraction of sp³-hybridized carbons (Fsp3) is 0.579. The molecule has 0 aliphatic heterocycles. The van der Waals surface area contributed by atoms with E-state index >= 15 is 0 Å². The van der Waals surface area contributed by atoms with E-state index in [1.807, 2.05) is 38.2 Å². The topological polar surface area (TPSA) is 85.2 Å². The van der Waals surface area contributed by atoms with Crippen molar-refractivity contribution in [2.45, 2.75) is 45.1 Å². The zero-order chi connectivity index (χ0) is 19.4. The second kappa shape index (κ2) is 7.94. The molecule has 8 nitrogen and oxygen atoms in total. The van der Waals surface area contributed by atoms with Crippen LogP contribution in [0.25, 0.3) is 5.69 Å². The number of tetrazole rings is 1. The van der Waals surface area contributed by atoms with Gasteiger partial charge < -0.3 is 15.0 Å². The van der Waals surface area contributed by atoms with Crippen molar-refractivity contribution in [3.8, 4) is 11.4 Å². The monoisotopic (exact) mass is 372 g/mol. The van der Waals surface area contributed by atoms with Gasteiger partial charge in [-0.05, 0) is 73.2 Å². The molecule has 2 amide bonds. The Hall–Kier alpha value is -2.64. The van der Waals surface area contributed by atoms with Crippen molar-refractivity contribution in [3.63, 3.8) is 0 Å². The number of rotatable bonds is 5. The average molecular weight is 372 g/mol. The Bertz CT molecular complexity index is 765. The standard InChI is InChI=1S/C19H28N6O2/c1-5-20-18(26)24(3)19(12-10-14(2)11-13-19)17-21-22-23-25(17)15-6-8-16(27-4)9-7-15/h6-9,14H,5,10-13H2,1-4H3,(H,20,26). The highest BCUT2D eigenvalue weighted by Gasteiger charge is 2.46. The predicted molar refractivity (Wildman–Crippen MR) is 102 cm³/mol. The van der Waals surface area contributed by atoms with Crippen LogP contribution in [0.1, 0.15) is 45.4 Å². The number of nitrogens with one attached hydrogen (secondary N) is 1. The quantitative estimate of drug-likeness (QED) is 0.872. The highest BCUT2D eigenvalue weighted by atomic mass is 16.5. The fourth-order valence-corrected chi connectivity index (χ4v) is 3.79. The van der Waals surface area contributed by atoms with Crippen molar-refractivity contribution < 1.29 is 9.53 Å². The number of amides is 2. The summed E-state index contributed by atoms with van der Waals surface area (Å²) in [5.41, 5.74) is 0.313. The molecule has 1 saturated carbocycles. The maximum atomic E-state index is 12.7. The summed E-state index contributed by atoms with van der Waals surface area (Å²) < 4.78 is 6.98. The second-order valence-electron chi connectivity index (χ2n) is 7.22. The maximum Gasteiger partial charge on any atom is 0.317 e. The Kier molecular flexibility index (Phi) is 5.62. The van der Waals surface area contributed by atoms with Crippen LogP contribution in [0.2, 0.25) is 0 Å². The van der Waals surface area contributed by atoms with Gasteiger partial charge in [-0.2, -0.15) is 4.68 Å². The molecule has 3 rings (SSSR count). The van der Waals surface area contributed by atoms with Gasteiger partial charge in [0, 0.05) is 13.6 Å². The average Bonchev–Trinajstić information content (AvgIpc) is 3.19.